The number of carbonyl (C=O) groups is 2. The first-order chi connectivity index (χ1) is 17.8. The molecule has 0 spiro atoms. The van der Waals surface area contributed by atoms with E-state index in [0.29, 0.717) is 29.7 Å². The Kier molecular flexibility index (Phi) is 6.79. The number of piperidine rings is 1. The quantitative estimate of drug-likeness (QED) is 0.449. The van der Waals surface area contributed by atoms with Gasteiger partial charge in [-0.25, -0.2) is 9.78 Å². The number of benzene rings is 1. The summed E-state index contributed by atoms with van der Waals surface area (Å²) < 4.78 is 12.6. The molecule has 2 N–H and O–H groups in total. The lowest BCUT2D eigenvalue weighted by Crippen LogP contribution is -2.56. The molecule has 2 aromatic heterocycles. The molecule has 3 heterocycles. The zero-order chi connectivity index (χ0) is 26.0. The minimum absolute atomic E-state index is 0.0493. The summed E-state index contributed by atoms with van der Waals surface area (Å²) >= 11 is 0. The zero-order valence-corrected chi connectivity index (χ0v) is 20.7. The van der Waals surface area contributed by atoms with Crippen LogP contribution in [0.3, 0.4) is 0 Å². The minimum Gasteiger partial charge on any atom is -0.416 e. The molecule has 0 bridgehead atoms. The van der Waals surface area contributed by atoms with Crippen molar-refractivity contribution in [3.05, 3.63) is 64.8 Å². The molecule has 2 aliphatic rings. The number of aromatic nitrogens is 4. The number of nitrogens with zero attached hydrogens (tertiary/aromatic N) is 4. The third-order valence-corrected chi connectivity index (χ3v) is 6.68. The van der Waals surface area contributed by atoms with Crippen molar-refractivity contribution in [1.82, 2.24) is 29.8 Å². The summed E-state index contributed by atoms with van der Waals surface area (Å²) in [7, 11) is 0. The molecule has 0 unspecified atom stereocenters. The molecule has 194 valence electrons. The second-order valence-electron chi connectivity index (χ2n) is 9.65. The van der Waals surface area contributed by atoms with Crippen molar-refractivity contribution in [3.63, 3.8) is 0 Å². The predicted octanol–water partition coefficient (Wildman–Crippen LogP) is 2.63. The van der Waals surface area contributed by atoms with Crippen molar-refractivity contribution < 1.29 is 19.1 Å². The van der Waals surface area contributed by atoms with Crippen molar-refractivity contribution in [2.75, 3.05) is 19.6 Å². The summed E-state index contributed by atoms with van der Waals surface area (Å²) in [5.74, 6) is 1.34. The van der Waals surface area contributed by atoms with E-state index in [4.69, 9.17) is 9.47 Å². The van der Waals surface area contributed by atoms with Crippen LogP contribution in [0.15, 0.2) is 53.5 Å². The van der Waals surface area contributed by atoms with Gasteiger partial charge < -0.3 is 19.7 Å². The molecule has 5 rings (SSSR count). The number of rotatable bonds is 8. The number of nitrogens with one attached hydrogen (secondary N) is 2. The largest absolute Gasteiger partial charge is 0.416 e. The van der Waals surface area contributed by atoms with Gasteiger partial charge in [0.05, 0.1) is 18.1 Å². The van der Waals surface area contributed by atoms with Gasteiger partial charge >= 0.3 is 6.09 Å². The van der Waals surface area contributed by atoms with Crippen molar-refractivity contribution in [1.29, 1.82) is 0 Å². The zero-order valence-electron chi connectivity index (χ0n) is 20.7. The van der Waals surface area contributed by atoms with E-state index in [1.807, 2.05) is 30.3 Å². The van der Waals surface area contributed by atoms with Crippen LogP contribution < -0.4 is 10.9 Å². The lowest BCUT2D eigenvalue weighted by Gasteiger charge is -2.39. The van der Waals surface area contributed by atoms with Gasteiger partial charge in [0.25, 0.3) is 17.2 Å². The molecule has 1 saturated carbocycles. The molecule has 3 aromatic rings. The van der Waals surface area contributed by atoms with Crippen molar-refractivity contribution >= 4 is 17.8 Å². The van der Waals surface area contributed by atoms with Crippen LogP contribution >= 0.6 is 0 Å². The van der Waals surface area contributed by atoms with Crippen molar-refractivity contribution in [2.24, 2.45) is 5.92 Å². The highest BCUT2D eigenvalue weighted by Gasteiger charge is 2.44. The number of fused-ring (bicyclic) bond motifs is 1. The maximum atomic E-state index is 13.3. The number of hydrogen-bond donors (Lipinski definition) is 2. The van der Waals surface area contributed by atoms with Gasteiger partial charge in [0.1, 0.15) is 0 Å². The Labute approximate surface area is 213 Å². The van der Waals surface area contributed by atoms with Gasteiger partial charge in [0, 0.05) is 44.1 Å². The number of aromatic amines is 1. The molecule has 1 aliphatic heterocycles. The summed E-state index contributed by atoms with van der Waals surface area (Å²) in [5.41, 5.74) is -0.284. The van der Waals surface area contributed by atoms with Crippen molar-refractivity contribution in [2.45, 2.75) is 44.8 Å². The maximum Gasteiger partial charge on any atom is 0.414 e. The Morgan fingerprint density at radius 1 is 1.19 bits per heavy atom. The molecular formula is C26H30N6O5. The van der Waals surface area contributed by atoms with E-state index >= 15 is 0 Å². The molecule has 2 fully saturated rings. The Balaban J connectivity index is 1.33. The van der Waals surface area contributed by atoms with Crippen LogP contribution in [-0.2, 0) is 20.9 Å². The van der Waals surface area contributed by atoms with Gasteiger partial charge in [-0.3, -0.25) is 14.7 Å². The lowest BCUT2D eigenvalue weighted by atomic mass is 9.90. The molecule has 1 aromatic carbocycles. The standard InChI is InChI=1S/C26H30N6O5/c1-17(2)37-25(35)31-12-10-26(11-13-31,23(34)27-15-18-8-9-18)36-16-20-14-21(33)32-24(28-20)29-22(30-32)19-6-4-3-5-7-19/h3-7,14,18H,1,8-13,15-16H2,2H3,(H,27,34)(H,28,29,30). The summed E-state index contributed by atoms with van der Waals surface area (Å²) in [6.45, 7) is 6.34. The number of allylic oxidation sites excluding steroid dienone is 1. The van der Waals surface area contributed by atoms with Gasteiger partial charge in [-0.05, 0) is 25.7 Å². The van der Waals surface area contributed by atoms with Crippen LogP contribution in [0.5, 0.6) is 0 Å². The number of likely N-dealkylation sites (tertiary alicyclic amines) is 1. The Hall–Kier alpha value is -3.99. The predicted molar refractivity (Wildman–Crippen MR) is 134 cm³/mol. The van der Waals surface area contributed by atoms with Crippen LogP contribution in [0, 0.1) is 5.92 Å². The molecule has 11 heteroatoms. The average molecular weight is 507 g/mol. The third kappa shape index (κ3) is 5.56. The molecule has 0 atom stereocenters. The van der Waals surface area contributed by atoms with E-state index in [2.05, 4.69) is 27.0 Å². The molecule has 2 amide bonds. The normalized spacial score (nSPS) is 16.9. The molecule has 1 aliphatic carbocycles. The average Bonchev–Trinajstić information content (AvgIpc) is 3.62. The molecule has 1 saturated heterocycles. The van der Waals surface area contributed by atoms with Gasteiger partial charge in [-0.1, -0.05) is 36.9 Å². The second kappa shape index (κ2) is 10.2. The highest BCUT2D eigenvalue weighted by Crippen LogP contribution is 2.31. The Morgan fingerprint density at radius 3 is 2.59 bits per heavy atom. The fourth-order valence-corrected chi connectivity index (χ4v) is 4.36. The first-order valence-corrected chi connectivity index (χ1v) is 12.4. The van der Waals surface area contributed by atoms with Crippen molar-refractivity contribution in [3.8, 4) is 11.4 Å². The molecular weight excluding hydrogens is 476 g/mol. The Morgan fingerprint density at radius 2 is 1.92 bits per heavy atom. The van der Waals surface area contributed by atoms with E-state index < -0.39 is 11.7 Å². The summed E-state index contributed by atoms with van der Waals surface area (Å²) in [6, 6.07) is 10.8. The van der Waals surface area contributed by atoms with E-state index in [9.17, 15) is 14.4 Å². The molecule has 37 heavy (non-hydrogen) atoms. The number of amides is 2. The van der Waals surface area contributed by atoms with Crippen LogP contribution in [0.25, 0.3) is 17.2 Å². The van der Waals surface area contributed by atoms with Crippen LogP contribution in [0.2, 0.25) is 0 Å². The van der Waals surface area contributed by atoms with Crippen LogP contribution in [0.4, 0.5) is 4.79 Å². The van der Waals surface area contributed by atoms with Gasteiger partial charge in [-0.2, -0.15) is 9.50 Å². The van der Waals surface area contributed by atoms with E-state index in [0.717, 1.165) is 18.4 Å². The number of ether oxygens (including phenoxy) is 2. The SMILES string of the molecule is C=C(C)OC(=O)N1CCC(OCc2cc(=O)n3[nH]c(-c4ccccc4)nc3n2)(C(=O)NCC2CC2)CC1. The van der Waals surface area contributed by atoms with Gasteiger partial charge in [0.15, 0.2) is 11.4 Å². The fraction of sp³-hybridized carbons (Fsp3) is 0.423. The highest BCUT2D eigenvalue weighted by atomic mass is 16.6. The number of H-pyrrole nitrogens is 1. The van der Waals surface area contributed by atoms with E-state index in [1.165, 1.54) is 15.5 Å². The van der Waals surface area contributed by atoms with Crippen LogP contribution in [0.1, 0.15) is 38.3 Å². The van der Waals surface area contributed by atoms with Crippen LogP contribution in [-0.4, -0.2) is 61.7 Å². The second-order valence-corrected chi connectivity index (χ2v) is 9.65. The monoisotopic (exact) mass is 506 g/mol. The first kappa shape index (κ1) is 24.7. The third-order valence-electron chi connectivity index (χ3n) is 6.68. The maximum absolute atomic E-state index is 13.3. The van der Waals surface area contributed by atoms with E-state index in [-0.39, 0.29) is 49.8 Å². The fourth-order valence-electron chi connectivity index (χ4n) is 4.36. The molecule has 0 radical (unpaired) electrons. The number of carbonyl (C=O) groups excluding carboxylic acids is 2. The Bertz CT molecular complexity index is 1370. The van der Waals surface area contributed by atoms with Gasteiger partial charge in [0.2, 0.25) is 0 Å². The van der Waals surface area contributed by atoms with E-state index in [1.54, 1.807) is 6.92 Å². The topological polar surface area (TPSA) is 131 Å². The molecule has 11 nitrogen and oxygen atoms in total. The summed E-state index contributed by atoms with van der Waals surface area (Å²) in [6.07, 6.45) is 2.30. The summed E-state index contributed by atoms with van der Waals surface area (Å²) in [4.78, 5) is 48.8. The highest BCUT2D eigenvalue weighted by molar-refractivity contribution is 5.85. The number of hydrogen-bond acceptors (Lipinski definition) is 7. The smallest absolute Gasteiger partial charge is 0.414 e. The van der Waals surface area contributed by atoms with Gasteiger partial charge in [-0.15, -0.1) is 0 Å². The first-order valence-electron chi connectivity index (χ1n) is 12.4. The minimum atomic E-state index is -1.15. The lowest BCUT2D eigenvalue weighted by molar-refractivity contribution is -0.156. The summed E-state index contributed by atoms with van der Waals surface area (Å²) in [5, 5.41) is 5.98.